The molecule has 1 aliphatic rings. The molecule has 1 atom stereocenters. The van der Waals surface area contributed by atoms with E-state index in [2.05, 4.69) is 0 Å². The van der Waals surface area contributed by atoms with Gasteiger partial charge in [0.2, 0.25) is 10.0 Å². The molecule has 2 aromatic rings. The molecule has 0 aliphatic carbocycles. The Hall–Kier alpha value is -2.25. The summed E-state index contributed by atoms with van der Waals surface area (Å²) in [4.78, 5) is 10.3. The molecular weight excluding hydrogens is 328 g/mol. The van der Waals surface area contributed by atoms with Crippen LogP contribution < -0.4 is 0 Å². The fourth-order valence-corrected chi connectivity index (χ4v) is 4.85. The van der Waals surface area contributed by atoms with Crippen LogP contribution >= 0.6 is 0 Å². The highest BCUT2D eigenvalue weighted by Crippen LogP contribution is 2.37. The lowest BCUT2D eigenvalue weighted by Crippen LogP contribution is -2.30. The number of non-ortho nitro benzene ring substituents is 1. The second-order valence-electron chi connectivity index (χ2n) is 5.94. The summed E-state index contributed by atoms with van der Waals surface area (Å²) in [5.41, 5.74) is 1.82. The second kappa shape index (κ2) is 6.33. The molecule has 0 aromatic heterocycles. The van der Waals surface area contributed by atoms with E-state index in [1.807, 2.05) is 31.2 Å². The number of rotatable bonds is 4. The quantitative estimate of drug-likeness (QED) is 0.627. The van der Waals surface area contributed by atoms with E-state index in [4.69, 9.17) is 0 Å². The summed E-state index contributed by atoms with van der Waals surface area (Å²) in [6, 6.07) is 12.8. The molecule has 0 bridgehead atoms. The number of sulfonamides is 1. The first-order chi connectivity index (χ1) is 11.4. The zero-order valence-corrected chi connectivity index (χ0v) is 14.1. The molecule has 1 saturated heterocycles. The lowest BCUT2D eigenvalue weighted by atomic mass is 10.0. The Labute approximate surface area is 140 Å². The third kappa shape index (κ3) is 3.05. The standard InChI is InChI=1S/C17H18N2O4S/c1-13-5-2-6-14(11-13)17-9-4-10-18(17)24(22,23)16-8-3-7-15(12-16)19(20)21/h2-3,5-8,11-12,17H,4,9-10H2,1H3. The number of aryl methyl sites for hydroxylation is 1. The van der Waals surface area contributed by atoms with Gasteiger partial charge in [-0.25, -0.2) is 8.42 Å². The van der Waals surface area contributed by atoms with E-state index in [0.29, 0.717) is 6.54 Å². The van der Waals surface area contributed by atoms with Gasteiger partial charge in [-0.2, -0.15) is 4.31 Å². The highest BCUT2D eigenvalue weighted by atomic mass is 32.2. The van der Waals surface area contributed by atoms with Gasteiger partial charge in [0.15, 0.2) is 0 Å². The SMILES string of the molecule is Cc1cccc(C2CCCN2S(=O)(=O)c2cccc([N+](=O)[O-])c2)c1. The third-order valence-corrected chi connectivity index (χ3v) is 6.17. The summed E-state index contributed by atoms with van der Waals surface area (Å²) in [7, 11) is -3.78. The van der Waals surface area contributed by atoms with Crippen LogP contribution in [0.4, 0.5) is 5.69 Å². The van der Waals surface area contributed by atoms with Crippen LogP contribution in [0.2, 0.25) is 0 Å². The lowest BCUT2D eigenvalue weighted by molar-refractivity contribution is -0.385. The Morgan fingerprint density at radius 1 is 1.17 bits per heavy atom. The van der Waals surface area contributed by atoms with Crippen molar-refractivity contribution in [1.29, 1.82) is 0 Å². The van der Waals surface area contributed by atoms with Crippen LogP contribution in [0.3, 0.4) is 0 Å². The van der Waals surface area contributed by atoms with Crippen LogP contribution in [0.25, 0.3) is 0 Å². The Balaban J connectivity index is 1.99. The van der Waals surface area contributed by atoms with E-state index < -0.39 is 14.9 Å². The molecule has 0 radical (unpaired) electrons. The molecule has 0 saturated carbocycles. The topological polar surface area (TPSA) is 80.5 Å². The fourth-order valence-electron chi connectivity index (χ4n) is 3.13. The van der Waals surface area contributed by atoms with E-state index in [-0.39, 0.29) is 16.6 Å². The van der Waals surface area contributed by atoms with Gasteiger partial charge in [0.25, 0.3) is 5.69 Å². The Morgan fingerprint density at radius 2 is 1.92 bits per heavy atom. The normalized spacial score (nSPS) is 18.6. The van der Waals surface area contributed by atoms with Gasteiger partial charge < -0.3 is 0 Å². The maximum atomic E-state index is 13.0. The average Bonchev–Trinajstić information content (AvgIpc) is 3.05. The van der Waals surface area contributed by atoms with Gasteiger partial charge in [-0.3, -0.25) is 10.1 Å². The van der Waals surface area contributed by atoms with E-state index >= 15 is 0 Å². The van der Waals surface area contributed by atoms with Gasteiger partial charge in [0.05, 0.1) is 15.9 Å². The molecule has 24 heavy (non-hydrogen) atoms. The molecule has 2 aromatic carbocycles. The highest BCUT2D eigenvalue weighted by molar-refractivity contribution is 7.89. The minimum Gasteiger partial charge on any atom is -0.258 e. The summed E-state index contributed by atoms with van der Waals surface area (Å²) in [5.74, 6) is 0. The van der Waals surface area contributed by atoms with E-state index in [1.165, 1.54) is 22.5 Å². The lowest BCUT2D eigenvalue weighted by Gasteiger charge is -2.24. The van der Waals surface area contributed by atoms with Crippen molar-refractivity contribution in [3.05, 3.63) is 69.8 Å². The van der Waals surface area contributed by atoms with Gasteiger partial charge >= 0.3 is 0 Å². The predicted molar refractivity (Wildman–Crippen MR) is 90.1 cm³/mol. The molecule has 0 amide bonds. The Kier molecular flexibility index (Phi) is 4.38. The van der Waals surface area contributed by atoms with E-state index in [0.717, 1.165) is 30.0 Å². The Morgan fingerprint density at radius 3 is 2.62 bits per heavy atom. The van der Waals surface area contributed by atoms with Crippen molar-refractivity contribution in [2.75, 3.05) is 6.54 Å². The van der Waals surface area contributed by atoms with Gasteiger partial charge in [0.1, 0.15) is 0 Å². The molecule has 0 spiro atoms. The van der Waals surface area contributed by atoms with Crippen LogP contribution in [-0.4, -0.2) is 24.2 Å². The maximum Gasteiger partial charge on any atom is 0.270 e. The minimum atomic E-state index is -3.78. The third-order valence-electron chi connectivity index (χ3n) is 4.27. The average molecular weight is 346 g/mol. The van der Waals surface area contributed by atoms with Gasteiger partial charge in [-0.1, -0.05) is 35.9 Å². The number of benzene rings is 2. The van der Waals surface area contributed by atoms with Crippen molar-refractivity contribution in [2.45, 2.75) is 30.7 Å². The number of hydrogen-bond donors (Lipinski definition) is 0. The number of nitrogens with zero attached hydrogens (tertiary/aromatic N) is 2. The first kappa shape index (κ1) is 16.6. The van der Waals surface area contributed by atoms with Crippen molar-refractivity contribution in [1.82, 2.24) is 4.31 Å². The van der Waals surface area contributed by atoms with E-state index in [9.17, 15) is 18.5 Å². The number of nitro benzene ring substituents is 1. The van der Waals surface area contributed by atoms with Crippen molar-refractivity contribution >= 4 is 15.7 Å². The van der Waals surface area contributed by atoms with E-state index in [1.54, 1.807) is 0 Å². The summed E-state index contributed by atoms with van der Waals surface area (Å²) in [6.07, 6.45) is 1.52. The molecule has 1 unspecified atom stereocenters. The van der Waals surface area contributed by atoms with Crippen LogP contribution in [0, 0.1) is 17.0 Å². The zero-order valence-electron chi connectivity index (χ0n) is 13.3. The van der Waals surface area contributed by atoms with Crippen molar-refractivity contribution in [3.8, 4) is 0 Å². The first-order valence-electron chi connectivity index (χ1n) is 7.72. The Bertz CT molecular complexity index is 880. The summed E-state index contributed by atoms with van der Waals surface area (Å²) in [5, 5.41) is 10.9. The fraction of sp³-hybridized carbons (Fsp3) is 0.294. The second-order valence-corrected chi connectivity index (χ2v) is 7.83. The first-order valence-corrected chi connectivity index (χ1v) is 9.16. The molecular formula is C17H18N2O4S. The zero-order chi connectivity index (χ0) is 17.3. The van der Waals surface area contributed by atoms with Crippen LogP contribution in [0.1, 0.15) is 30.0 Å². The van der Waals surface area contributed by atoms with Crippen molar-refractivity contribution in [3.63, 3.8) is 0 Å². The summed E-state index contributed by atoms with van der Waals surface area (Å²) in [6.45, 7) is 2.39. The van der Waals surface area contributed by atoms with Crippen LogP contribution in [0.5, 0.6) is 0 Å². The molecule has 7 heteroatoms. The summed E-state index contributed by atoms with van der Waals surface area (Å²) >= 11 is 0. The van der Waals surface area contributed by atoms with Crippen molar-refractivity contribution in [2.24, 2.45) is 0 Å². The monoisotopic (exact) mass is 346 g/mol. The van der Waals surface area contributed by atoms with Crippen LogP contribution in [-0.2, 0) is 10.0 Å². The number of nitro groups is 1. The molecule has 1 fully saturated rings. The minimum absolute atomic E-state index is 0.0312. The largest absolute Gasteiger partial charge is 0.270 e. The molecule has 3 rings (SSSR count). The van der Waals surface area contributed by atoms with Crippen LogP contribution in [0.15, 0.2) is 53.4 Å². The molecule has 1 aliphatic heterocycles. The predicted octanol–water partition coefficient (Wildman–Crippen LogP) is 3.43. The summed E-state index contributed by atoms with van der Waals surface area (Å²) < 4.78 is 27.4. The smallest absolute Gasteiger partial charge is 0.258 e. The number of hydrogen-bond acceptors (Lipinski definition) is 4. The molecule has 1 heterocycles. The van der Waals surface area contributed by atoms with Gasteiger partial charge in [0, 0.05) is 18.7 Å². The molecule has 6 nitrogen and oxygen atoms in total. The molecule has 0 N–H and O–H groups in total. The highest BCUT2D eigenvalue weighted by Gasteiger charge is 2.36. The maximum absolute atomic E-state index is 13.0. The van der Waals surface area contributed by atoms with Gasteiger partial charge in [-0.05, 0) is 31.4 Å². The van der Waals surface area contributed by atoms with Crippen molar-refractivity contribution < 1.29 is 13.3 Å². The molecule has 126 valence electrons. The van der Waals surface area contributed by atoms with Gasteiger partial charge in [-0.15, -0.1) is 0 Å².